The van der Waals surface area contributed by atoms with Crippen LogP contribution in [0.15, 0.2) is 35.2 Å². The van der Waals surface area contributed by atoms with Gasteiger partial charge in [0.2, 0.25) is 0 Å². The van der Waals surface area contributed by atoms with Crippen molar-refractivity contribution in [3.05, 3.63) is 30.3 Å². The summed E-state index contributed by atoms with van der Waals surface area (Å²) in [6.45, 7) is 1.77. The number of thiol groups is 1. The molecule has 4 aliphatic carbocycles. The molecule has 4 saturated carbocycles. The van der Waals surface area contributed by atoms with Gasteiger partial charge in [-0.05, 0) is 68.4 Å². The van der Waals surface area contributed by atoms with Gasteiger partial charge in [-0.1, -0.05) is 36.9 Å². The van der Waals surface area contributed by atoms with E-state index in [4.69, 9.17) is 9.57 Å². The summed E-state index contributed by atoms with van der Waals surface area (Å²) in [5.74, 6) is 1.66. The lowest BCUT2D eigenvalue weighted by molar-refractivity contribution is -0.168. The summed E-state index contributed by atoms with van der Waals surface area (Å²) in [6.07, 6.45) is 7.32. The van der Waals surface area contributed by atoms with Crippen molar-refractivity contribution in [3.8, 4) is 0 Å². The van der Waals surface area contributed by atoms with E-state index in [1.54, 1.807) is 6.92 Å². The summed E-state index contributed by atoms with van der Waals surface area (Å²) < 4.78 is 5.62. The molecule has 0 aromatic heterocycles. The smallest absolute Gasteiger partial charge is 0.329 e. The van der Waals surface area contributed by atoms with E-state index in [0.29, 0.717) is 5.75 Å². The number of carbonyl (C=O) groups is 2. The first-order valence-electron chi connectivity index (χ1n) is 10.9. The number of carbonyl (C=O) groups excluding carboxylic acids is 2. The second-order valence-electron chi connectivity index (χ2n) is 9.36. The van der Waals surface area contributed by atoms with Gasteiger partial charge < -0.3 is 9.57 Å². The van der Waals surface area contributed by atoms with Crippen molar-refractivity contribution in [2.24, 2.45) is 23.7 Å². The first kappa shape index (κ1) is 22.0. The zero-order chi connectivity index (χ0) is 21.1. The van der Waals surface area contributed by atoms with Gasteiger partial charge in [0.25, 0.3) is 0 Å². The number of hydroxylamine groups is 1. The van der Waals surface area contributed by atoms with Gasteiger partial charge in [-0.25, -0.2) is 0 Å². The summed E-state index contributed by atoms with van der Waals surface area (Å²) >= 11 is 5.53. The van der Waals surface area contributed by atoms with Crippen LogP contribution < -0.4 is 5.48 Å². The predicted octanol–water partition coefficient (Wildman–Crippen LogP) is 4.62. The van der Waals surface area contributed by atoms with Gasteiger partial charge in [0.15, 0.2) is 5.44 Å². The van der Waals surface area contributed by atoms with E-state index < -0.39 is 5.44 Å². The molecule has 4 fully saturated rings. The Morgan fingerprint density at radius 3 is 2.30 bits per heavy atom. The minimum absolute atomic E-state index is 0.00393. The predicted molar refractivity (Wildman–Crippen MR) is 120 cm³/mol. The van der Waals surface area contributed by atoms with Gasteiger partial charge in [-0.2, -0.15) is 12.6 Å². The second-order valence-corrected chi connectivity index (χ2v) is 11.0. The molecule has 5 rings (SSSR count). The number of nitrogens with one attached hydrogen (secondary N) is 1. The summed E-state index contributed by atoms with van der Waals surface area (Å²) in [4.78, 5) is 31.4. The van der Waals surface area contributed by atoms with Crippen LogP contribution in [0.3, 0.4) is 0 Å². The van der Waals surface area contributed by atoms with Crippen molar-refractivity contribution in [3.63, 3.8) is 0 Å². The second kappa shape index (κ2) is 9.53. The molecule has 7 heteroatoms. The van der Waals surface area contributed by atoms with E-state index >= 15 is 0 Å². The van der Waals surface area contributed by atoms with Crippen molar-refractivity contribution >= 4 is 36.3 Å². The third-order valence-corrected chi connectivity index (χ3v) is 8.31. The van der Waals surface area contributed by atoms with Crippen LogP contribution in [-0.2, 0) is 19.2 Å². The molecule has 1 aromatic rings. The number of hydrogen-bond acceptors (Lipinski definition) is 7. The van der Waals surface area contributed by atoms with E-state index in [1.165, 1.54) is 31.0 Å². The number of benzene rings is 1. The van der Waals surface area contributed by atoms with Crippen LogP contribution in [0.1, 0.15) is 51.9 Å². The van der Waals surface area contributed by atoms with Crippen molar-refractivity contribution in [1.29, 1.82) is 0 Å². The molecule has 0 spiro atoms. The molecule has 0 saturated heterocycles. The Morgan fingerprint density at radius 1 is 1.13 bits per heavy atom. The quantitative estimate of drug-likeness (QED) is 0.189. The maximum Gasteiger partial charge on any atom is 0.329 e. The number of thioether (sulfide) groups is 1. The molecule has 164 valence electrons. The summed E-state index contributed by atoms with van der Waals surface area (Å²) in [5.41, 5.74) is 2.49. The first-order chi connectivity index (χ1) is 14.4. The van der Waals surface area contributed by atoms with Crippen LogP contribution in [-0.4, -0.2) is 28.7 Å². The van der Waals surface area contributed by atoms with Crippen LogP contribution in [0.4, 0.5) is 0 Å². The highest BCUT2D eigenvalue weighted by atomic mass is 32.2. The third kappa shape index (κ3) is 5.35. The number of esters is 1. The monoisotopic (exact) mass is 449 g/mol. The Kier molecular flexibility index (Phi) is 7.00. The molecule has 1 N–H and O–H groups in total. The van der Waals surface area contributed by atoms with E-state index in [0.717, 1.165) is 41.9 Å². The van der Waals surface area contributed by atoms with Gasteiger partial charge in [0.1, 0.15) is 0 Å². The van der Waals surface area contributed by atoms with Gasteiger partial charge in [0, 0.05) is 10.6 Å². The fourth-order valence-corrected chi connectivity index (χ4v) is 6.79. The molecule has 0 amide bonds. The Hall–Kier alpha value is -1.18. The molecule has 4 aliphatic rings. The van der Waals surface area contributed by atoms with Crippen LogP contribution in [0.2, 0.25) is 0 Å². The van der Waals surface area contributed by atoms with Crippen molar-refractivity contribution in [2.75, 3.05) is 5.75 Å². The summed E-state index contributed by atoms with van der Waals surface area (Å²) in [7, 11) is 0. The Bertz CT molecular complexity index is 722. The average Bonchev–Trinajstić information content (AvgIpc) is 2.71. The molecule has 2 atom stereocenters. The lowest BCUT2D eigenvalue weighted by Crippen LogP contribution is -2.58. The van der Waals surface area contributed by atoms with E-state index in [2.05, 4.69) is 18.1 Å². The lowest BCUT2D eigenvalue weighted by Gasteiger charge is -2.56. The Labute approximate surface area is 188 Å². The normalized spacial score (nSPS) is 31.2. The van der Waals surface area contributed by atoms with Crippen LogP contribution >= 0.6 is 24.4 Å². The molecular formula is C23H31NO4S2. The van der Waals surface area contributed by atoms with Gasteiger partial charge >= 0.3 is 11.9 Å². The molecule has 0 heterocycles. The van der Waals surface area contributed by atoms with E-state index in [1.807, 2.05) is 30.3 Å². The van der Waals surface area contributed by atoms with E-state index in [-0.39, 0.29) is 29.8 Å². The number of hydrogen-bond donors (Lipinski definition) is 2. The van der Waals surface area contributed by atoms with E-state index in [9.17, 15) is 9.59 Å². The Balaban J connectivity index is 1.34. The fourth-order valence-electron chi connectivity index (χ4n) is 5.66. The Morgan fingerprint density at radius 2 is 1.73 bits per heavy atom. The number of ether oxygens (including phenoxy) is 1. The third-order valence-electron chi connectivity index (χ3n) is 6.69. The standard InChI is InChI=1S/C23H31NO4S2/c1-15(14-29)22(26)27-21(30-19-5-3-2-4-6-19)10-20(25)28-24-23-11-16-7-17(12-23)9-18(8-16)13-23/h2-6,15-18,21,24,29H,7-14H2,1H3/t15-,16?,17?,18?,21-,23?/m1/s1. The molecule has 4 bridgehead atoms. The van der Waals surface area contributed by atoms with Crippen LogP contribution in [0.5, 0.6) is 0 Å². The molecule has 5 nitrogen and oxygen atoms in total. The highest BCUT2D eigenvalue weighted by molar-refractivity contribution is 7.99. The minimum Gasteiger partial charge on any atom is -0.450 e. The first-order valence-corrected chi connectivity index (χ1v) is 12.5. The topological polar surface area (TPSA) is 64.6 Å². The average molecular weight is 450 g/mol. The maximum atomic E-state index is 12.7. The van der Waals surface area contributed by atoms with Crippen LogP contribution in [0, 0.1) is 23.7 Å². The largest absolute Gasteiger partial charge is 0.450 e. The van der Waals surface area contributed by atoms with Gasteiger partial charge in [-0.3, -0.25) is 9.59 Å². The van der Waals surface area contributed by atoms with Crippen molar-refractivity contribution in [1.82, 2.24) is 5.48 Å². The zero-order valence-corrected chi connectivity index (χ0v) is 19.1. The SMILES string of the molecule is C[C@H](CS)C(=O)O[C@@H](CC(=O)ONC12CC3CC(CC(C3)C1)C2)Sc1ccccc1. The van der Waals surface area contributed by atoms with Gasteiger partial charge in [0.05, 0.1) is 17.9 Å². The molecule has 30 heavy (non-hydrogen) atoms. The zero-order valence-electron chi connectivity index (χ0n) is 17.4. The van der Waals surface area contributed by atoms with Crippen molar-refractivity contribution in [2.45, 2.75) is 67.7 Å². The molecule has 0 aliphatic heterocycles. The summed E-state index contributed by atoms with van der Waals surface area (Å²) in [5, 5.41) is 0. The number of rotatable bonds is 9. The lowest BCUT2D eigenvalue weighted by atomic mass is 9.53. The molecule has 0 unspecified atom stereocenters. The highest BCUT2D eigenvalue weighted by Crippen LogP contribution is 2.55. The van der Waals surface area contributed by atoms with Gasteiger partial charge in [-0.15, -0.1) is 5.48 Å². The maximum absolute atomic E-state index is 12.7. The highest BCUT2D eigenvalue weighted by Gasteiger charge is 2.51. The van der Waals surface area contributed by atoms with Crippen molar-refractivity contribution < 1.29 is 19.2 Å². The van der Waals surface area contributed by atoms with Crippen LogP contribution in [0.25, 0.3) is 0 Å². The summed E-state index contributed by atoms with van der Waals surface area (Å²) in [6, 6.07) is 9.64. The fraction of sp³-hybridized carbons (Fsp3) is 0.652. The molecule has 1 aromatic carbocycles. The molecule has 0 radical (unpaired) electrons. The molecular weight excluding hydrogens is 418 g/mol. The minimum atomic E-state index is -0.632.